The number of rotatable bonds is 7. The Morgan fingerprint density at radius 3 is 2.39 bits per heavy atom. The summed E-state index contributed by atoms with van der Waals surface area (Å²) >= 11 is 0. The van der Waals surface area contributed by atoms with Gasteiger partial charge in [-0.25, -0.2) is 0 Å². The largest absolute Gasteiger partial charge is 0.493 e. The van der Waals surface area contributed by atoms with E-state index in [1.165, 1.54) is 11.1 Å². The standard InChI is InChI=1S/C19H29NO3/c1-5-7-8-14(6-2)19(21)20-10-9-15-11-17(22-3)18(23-4)12-16(15)13-20/h11-12,14H,5-10,13H2,1-4H3. The minimum atomic E-state index is 0.164. The van der Waals surface area contributed by atoms with Crippen LogP contribution in [0.5, 0.6) is 11.5 Å². The van der Waals surface area contributed by atoms with E-state index in [0.29, 0.717) is 12.5 Å². The number of carbonyl (C=O) groups excluding carboxylic acids is 1. The van der Waals surface area contributed by atoms with E-state index >= 15 is 0 Å². The van der Waals surface area contributed by atoms with Crippen molar-refractivity contribution in [2.45, 2.75) is 52.5 Å². The van der Waals surface area contributed by atoms with Crippen LogP contribution >= 0.6 is 0 Å². The van der Waals surface area contributed by atoms with Gasteiger partial charge >= 0.3 is 0 Å². The predicted molar refractivity (Wildman–Crippen MR) is 92.0 cm³/mol. The van der Waals surface area contributed by atoms with Crippen molar-refractivity contribution in [2.24, 2.45) is 5.92 Å². The van der Waals surface area contributed by atoms with Gasteiger partial charge in [-0.2, -0.15) is 0 Å². The average Bonchev–Trinajstić information content (AvgIpc) is 2.60. The van der Waals surface area contributed by atoms with Gasteiger partial charge in [-0.3, -0.25) is 4.79 Å². The van der Waals surface area contributed by atoms with E-state index in [0.717, 1.165) is 50.1 Å². The maximum atomic E-state index is 12.8. The van der Waals surface area contributed by atoms with Crippen LogP contribution in [0.25, 0.3) is 0 Å². The number of ether oxygens (including phenoxy) is 2. The number of hydrogen-bond acceptors (Lipinski definition) is 3. The Balaban J connectivity index is 2.14. The van der Waals surface area contributed by atoms with E-state index in [-0.39, 0.29) is 5.92 Å². The number of amides is 1. The molecule has 1 heterocycles. The Hall–Kier alpha value is -1.71. The normalized spacial score (nSPS) is 15.0. The first-order chi connectivity index (χ1) is 11.1. The molecule has 1 amide bonds. The molecule has 0 aromatic heterocycles. The summed E-state index contributed by atoms with van der Waals surface area (Å²) < 4.78 is 10.8. The van der Waals surface area contributed by atoms with Crippen LogP contribution in [-0.4, -0.2) is 31.6 Å². The van der Waals surface area contributed by atoms with Crippen molar-refractivity contribution in [2.75, 3.05) is 20.8 Å². The molecule has 0 bridgehead atoms. The summed E-state index contributed by atoms with van der Waals surface area (Å²) in [5.74, 6) is 1.97. The van der Waals surface area contributed by atoms with E-state index in [1.54, 1.807) is 14.2 Å². The zero-order valence-corrected chi connectivity index (χ0v) is 14.9. The van der Waals surface area contributed by atoms with Crippen LogP contribution in [-0.2, 0) is 17.8 Å². The van der Waals surface area contributed by atoms with Crippen LogP contribution in [0.1, 0.15) is 50.7 Å². The van der Waals surface area contributed by atoms with Crippen LogP contribution in [0.4, 0.5) is 0 Å². The summed E-state index contributed by atoms with van der Waals surface area (Å²) in [6.07, 6.45) is 5.07. The second kappa shape index (κ2) is 8.23. The molecule has 23 heavy (non-hydrogen) atoms. The van der Waals surface area contributed by atoms with Gasteiger partial charge in [-0.05, 0) is 42.5 Å². The molecule has 0 saturated carbocycles. The molecule has 1 aliphatic rings. The second-order valence-corrected chi connectivity index (χ2v) is 6.23. The molecule has 1 unspecified atom stereocenters. The fourth-order valence-electron chi connectivity index (χ4n) is 3.28. The van der Waals surface area contributed by atoms with E-state index in [2.05, 4.69) is 13.8 Å². The Morgan fingerprint density at radius 1 is 1.17 bits per heavy atom. The van der Waals surface area contributed by atoms with Crippen LogP contribution in [0.2, 0.25) is 0 Å². The van der Waals surface area contributed by atoms with Gasteiger partial charge < -0.3 is 14.4 Å². The van der Waals surface area contributed by atoms with Crippen LogP contribution in [0, 0.1) is 5.92 Å². The van der Waals surface area contributed by atoms with E-state index in [9.17, 15) is 4.79 Å². The van der Waals surface area contributed by atoms with Crippen LogP contribution in [0.3, 0.4) is 0 Å². The summed E-state index contributed by atoms with van der Waals surface area (Å²) in [6, 6.07) is 4.06. The minimum absolute atomic E-state index is 0.164. The highest BCUT2D eigenvalue weighted by molar-refractivity contribution is 5.79. The maximum Gasteiger partial charge on any atom is 0.225 e. The zero-order valence-electron chi connectivity index (χ0n) is 14.9. The second-order valence-electron chi connectivity index (χ2n) is 6.23. The first-order valence-corrected chi connectivity index (χ1v) is 8.67. The topological polar surface area (TPSA) is 38.8 Å². The molecule has 1 atom stereocenters. The van der Waals surface area contributed by atoms with E-state index < -0.39 is 0 Å². The molecule has 0 saturated heterocycles. The van der Waals surface area contributed by atoms with Crippen LogP contribution in [0.15, 0.2) is 12.1 Å². The minimum Gasteiger partial charge on any atom is -0.493 e. The lowest BCUT2D eigenvalue weighted by atomic mass is 9.94. The summed E-state index contributed by atoms with van der Waals surface area (Å²) in [5.41, 5.74) is 2.43. The number of carbonyl (C=O) groups is 1. The van der Waals surface area contributed by atoms with Crippen molar-refractivity contribution in [1.82, 2.24) is 4.90 Å². The summed E-state index contributed by atoms with van der Waals surface area (Å²) in [6.45, 7) is 5.76. The molecule has 0 N–H and O–H groups in total. The highest BCUT2D eigenvalue weighted by Gasteiger charge is 2.27. The lowest BCUT2D eigenvalue weighted by Gasteiger charge is -2.32. The van der Waals surface area contributed by atoms with Crippen molar-refractivity contribution in [3.63, 3.8) is 0 Å². The molecule has 2 rings (SSSR count). The fraction of sp³-hybridized carbons (Fsp3) is 0.632. The molecular formula is C19H29NO3. The van der Waals surface area contributed by atoms with Gasteiger partial charge in [0.1, 0.15) is 0 Å². The lowest BCUT2D eigenvalue weighted by Crippen LogP contribution is -2.39. The van der Waals surface area contributed by atoms with Gasteiger partial charge in [0, 0.05) is 19.0 Å². The number of methoxy groups -OCH3 is 2. The number of unbranched alkanes of at least 4 members (excludes halogenated alkanes) is 1. The monoisotopic (exact) mass is 319 g/mol. The molecule has 128 valence electrons. The first-order valence-electron chi connectivity index (χ1n) is 8.67. The van der Waals surface area contributed by atoms with Crippen LogP contribution < -0.4 is 9.47 Å². The average molecular weight is 319 g/mol. The zero-order chi connectivity index (χ0) is 16.8. The van der Waals surface area contributed by atoms with Crippen molar-refractivity contribution in [3.05, 3.63) is 23.3 Å². The van der Waals surface area contributed by atoms with Gasteiger partial charge in [0.15, 0.2) is 11.5 Å². The third-order valence-corrected chi connectivity index (χ3v) is 4.78. The highest BCUT2D eigenvalue weighted by Crippen LogP contribution is 2.33. The lowest BCUT2D eigenvalue weighted by molar-refractivity contribution is -0.136. The SMILES string of the molecule is CCCCC(CC)C(=O)N1CCc2cc(OC)c(OC)cc2C1. The number of benzene rings is 1. The van der Waals surface area contributed by atoms with Crippen molar-refractivity contribution >= 4 is 5.91 Å². The molecule has 1 aromatic rings. The third kappa shape index (κ3) is 3.98. The molecule has 0 radical (unpaired) electrons. The molecule has 0 spiro atoms. The number of nitrogens with zero attached hydrogens (tertiary/aromatic N) is 1. The molecule has 1 aromatic carbocycles. The number of fused-ring (bicyclic) bond motifs is 1. The quantitative estimate of drug-likeness (QED) is 0.767. The summed E-state index contributed by atoms with van der Waals surface area (Å²) in [4.78, 5) is 14.8. The molecule has 4 heteroatoms. The fourth-order valence-corrected chi connectivity index (χ4v) is 3.28. The summed E-state index contributed by atoms with van der Waals surface area (Å²) in [5, 5.41) is 0. The Labute approximate surface area is 139 Å². The highest BCUT2D eigenvalue weighted by atomic mass is 16.5. The molecule has 0 fully saturated rings. The maximum absolute atomic E-state index is 12.8. The van der Waals surface area contributed by atoms with Gasteiger partial charge in [-0.1, -0.05) is 26.7 Å². The molecular weight excluding hydrogens is 290 g/mol. The predicted octanol–water partition coefficient (Wildman–Crippen LogP) is 3.80. The first kappa shape index (κ1) is 17.6. The summed E-state index contributed by atoms with van der Waals surface area (Å²) in [7, 11) is 3.30. The molecule has 1 aliphatic heterocycles. The van der Waals surface area contributed by atoms with Crippen molar-refractivity contribution in [3.8, 4) is 11.5 Å². The van der Waals surface area contributed by atoms with Gasteiger partial charge in [-0.15, -0.1) is 0 Å². The van der Waals surface area contributed by atoms with E-state index in [4.69, 9.17) is 9.47 Å². The van der Waals surface area contributed by atoms with E-state index in [1.807, 2.05) is 17.0 Å². The Morgan fingerprint density at radius 2 is 1.83 bits per heavy atom. The van der Waals surface area contributed by atoms with Crippen molar-refractivity contribution < 1.29 is 14.3 Å². The smallest absolute Gasteiger partial charge is 0.225 e. The molecule has 0 aliphatic carbocycles. The van der Waals surface area contributed by atoms with Gasteiger partial charge in [0.2, 0.25) is 5.91 Å². The van der Waals surface area contributed by atoms with Crippen molar-refractivity contribution in [1.29, 1.82) is 0 Å². The number of hydrogen-bond donors (Lipinski definition) is 0. The Bertz CT molecular complexity index is 542. The molecule has 4 nitrogen and oxygen atoms in total. The Kier molecular flexibility index (Phi) is 6.31. The van der Waals surface area contributed by atoms with Gasteiger partial charge in [0.05, 0.1) is 14.2 Å². The van der Waals surface area contributed by atoms with Gasteiger partial charge in [0.25, 0.3) is 0 Å². The third-order valence-electron chi connectivity index (χ3n) is 4.78.